The second kappa shape index (κ2) is 4.36. The molecule has 9 heavy (non-hydrogen) atoms. The van der Waals surface area contributed by atoms with Crippen LogP contribution in [0.25, 0.3) is 0 Å². The van der Waals surface area contributed by atoms with Gasteiger partial charge in [0.15, 0.2) is 0 Å². The molecular weight excluding hydrogens is 114 g/mol. The first-order valence-corrected chi connectivity index (χ1v) is 3.41. The van der Waals surface area contributed by atoms with Crippen LogP contribution in [0, 0.1) is 5.92 Å². The molecule has 0 aromatic carbocycles. The predicted molar refractivity (Wildman–Crippen MR) is 38.1 cm³/mol. The molecule has 0 aliphatic heterocycles. The van der Waals surface area contributed by atoms with Gasteiger partial charge in [0.2, 0.25) is 5.91 Å². The van der Waals surface area contributed by atoms with Crippen molar-refractivity contribution in [1.29, 1.82) is 0 Å². The second-order valence-corrected chi connectivity index (χ2v) is 2.39. The van der Waals surface area contributed by atoms with Crippen LogP contribution in [0.3, 0.4) is 0 Å². The monoisotopic (exact) mass is 129 g/mol. The van der Waals surface area contributed by atoms with E-state index in [1.807, 2.05) is 0 Å². The highest BCUT2D eigenvalue weighted by Gasteiger charge is 2.03. The molecule has 0 unspecified atom stereocenters. The zero-order valence-electron chi connectivity index (χ0n) is 6.40. The maximum Gasteiger partial charge on any atom is 0.220 e. The van der Waals surface area contributed by atoms with Crippen molar-refractivity contribution >= 4 is 5.91 Å². The van der Waals surface area contributed by atoms with E-state index in [0.29, 0.717) is 12.3 Å². The maximum atomic E-state index is 10.7. The second-order valence-electron chi connectivity index (χ2n) is 2.39. The summed E-state index contributed by atoms with van der Waals surface area (Å²) in [6.45, 7) is 4.17. The van der Waals surface area contributed by atoms with E-state index in [0.717, 1.165) is 6.42 Å². The molecule has 0 rings (SSSR count). The summed E-state index contributed by atoms with van der Waals surface area (Å²) in [5.74, 6) is 0.661. The van der Waals surface area contributed by atoms with Crippen molar-refractivity contribution in [2.24, 2.45) is 5.92 Å². The third kappa shape index (κ3) is 4.01. The van der Waals surface area contributed by atoms with Crippen LogP contribution in [0.2, 0.25) is 0 Å². The fraction of sp³-hybridized carbons (Fsp3) is 0.857. The molecule has 0 radical (unpaired) electrons. The molecule has 0 saturated heterocycles. The highest BCUT2D eigenvalue weighted by molar-refractivity contribution is 5.75. The molecule has 0 bridgehead atoms. The van der Waals surface area contributed by atoms with Crippen LogP contribution in [-0.2, 0) is 4.79 Å². The summed E-state index contributed by atoms with van der Waals surface area (Å²) in [4.78, 5) is 10.7. The van der Waals surface area contributed by atoms with Crippen LogP contribution in [0.15, 0.2) is 0 Å². The van der Waals surface area contributed by atoms with Crippen LogP contribution in [0.5, 0.6) is 0 Å². The normalized spacial score (nSPS) is 12.8. The van der Waals surface area contributed by atoms with Gasteiger partial charge in [0.05, 0.1) is 0 Å². The third-order valence-corrected chi connectivity index (χ3v) is 1.51. The van der Waals surface area contributed by atoms with Gasteiger partial charge in [0, 0.05) is 13.5 Å². The van der Waals surface area contributed by atoms with E-state index in [1.54, 1.807) is 7.05 Å². The number of hydrogen-bond donors (Lipinski definition) is 1. The fourth-order valence-corrected chi connectivity index (χ4v) is 0.563. The van der Waals surface area contributed by atoms with Crippen LogP contribution in [0.1, 0.15) is 26.7 Å². The maximum absolute atomic E-state index is 10.7. The van der Waals surface area contributed by atoms with Crippen LogP contribution >= 0.6 is 0 Å². The molecule has 0 aliphatic carbocycles. The standard InChI is InChI=1S/C7H15NO/c1-4-6(2)5-7(9)8-3/h6H,4-5H2,1-3H3,(H,8,9)/t6-/m1/s1. The van der Waals surface area contributed by atoms with Gasteiger partial charge in [-0.05, 0) is 5.92 Å². The summed E-state index contributed by atoms with van der Waals surface area (Å²) in [6.07, 6.45) is 1.74. The van der Waals surface area contributed by atoms with Crippen molar-refractivity contribution in [3.8, 4) is 0 Å². The molecule has 2 nitrogen and oxygen atoms in total. The number of amides is 1. The highest BCUT2D eigenvalue weighted by Crippen LogP contribution is 2.04. The lowest BCUT2D eigenvalue weighted by Crippen LogP contribution is -2.19. The van der Waals surface area contributed by atoms with Gasteiger partial charge in [0.25, 0.3) is 0 Å². The summed E-state index contributed by atoms with van der Waals surface area (Å²) in [5.41, 5.74) is 0. The van der Waals surface area contributed by atoms with Gasteiger partial charge in [0.1, 0.15) is 0 Å². The van der Waals surface area contributed by atoms with Gasteiger partial charge in [-0.3, -0.25) is 4.79 Å². The van der Waals surface area contributed by atoms with Crippen molar-refractivity contribution in [3.63, 3.8) is 0 Å². The Morgan fingerprint density at radius 2 is 2.22 bits per heavy atom. The summed E-state index contributed by atoms with van der Waals surface area (Å²) in [5, 5.41) is 2.59. The average Bonchev–Trinajstić information content (AvgIpc) is 1.87. The first-order chi connectivity index (χ1) is 4.20. The smallest absolute Gasteiger partial charge is 0.220 e. The van der Waals surface area contributed by atoms with Gasteiger partial charge in [-0.1, -0.05) is 20.3 Å². The Morgan fingerprint density at radius 3 is 2.56 bits per heavy atom. The topological polar surface area (TPSA) is 29.1 Å². The van der Waals surface area contributed by atoms with Crippen molar-refractivity contribution in [3.05, 3.63) is 0 Å². The van der Waals surface area contributed by atoms with Gasteiger partial charge < -0.3 is 5.32 Å². The van der Waals surface area contributed by atoms with Crippen LogP contribution in [-0.4, -0.2) is 13.0 Å². The van der Waals surface area contributed by atoms with Gasteiger partial charge in [-0.25, -0.2) is 0 Å². The molecule has 2 heteroatoms. The Hall–Kier alpha value is -0.530. The third-order valence-electron chi connectivity index (χ3n) is 1.51. The van der Waals surface area contributed by atoms with Crippen molar-refractivity contribution < 1.29 is 4.79 Å². The van der Waals surface area contributed by atoms with E-state index in [2.05, 4.69) is 19.2 Å². The Bertz CT molecular complexity index is 90.9. The van der Waals surface area contributed by atoms with Gasteiger partial charge in [-0.2, -0.15) is 0 Å². The number of carbonyl (C=O) groups is 1. The molecule has 0 fully saturated rings. The molecule has 0 aromatic rings. The summed E-state index contributed by atoms with van der Waals surface area (Å²) < 4.78 is 0. The highest BCUT2D eigenvalue weighted by atomic mass is 16.1. The molecule has 1 atom stereocenters. The Balaban J connectivity index is 3.34. The van der Waals surface area contributed by atoms with E-state index in [9.17, 15) is 4.79 Å². The number of carbonyl (C=O) groups excluding carboxylic acids is 1. The average molecular weight is 129 g/mol. The van der Waals surface area contributed by atoms with Crippen LogP contribution < -0.4 is 5.32 Å². The molecule has 54 valence electrons. The number of nitrogens with one attached hydrogen (secondary N) is 1. The number of rotatable bonds is 3. The Morgan fingerprint density at radius 1 is 1.67 bits per heavy atom. The fourth-order valence-electron chi connectivity index (χ4n) is 0.563. The van der Waals surface area contributed by atoms with E-state index >= 15 is 0 Å². The summed E-state index contributed by atoms with van der Waals surface area (Å²) >= 11 is 0. The van der Waals surface area contributed by atoms with Crippen molar-refractivity contribution in [2.45, 2.75) is 26.7 Å². The summed E-state index contributed by atoms with van der Waals surface area (Å²) in [6, 6.07) is 0. The largest absolute Gasteiger partial charge is 0.359 e. The molecule has 0 heterocycles. The minimum Gasteiger partial charge on any atom is -0.359 e. The Labute approximate surface area is 56.6 Å². The molecule has 0 aliphatic rings. The molecule has 0 spiro atoms. The number of hydrogen-bond acceptors (Lipinski definition) is 1. The lowest BCUT2D eigenvalue weighted by molar-refractivity contribution is -0.121. The molecule has 0 saturated carbocycles. The molecule has 0 aromatic heterocycles. The van der Waals surface area contributed by atoms with E-state index in [1.165, 1.54) is 0 Å². The summed E-state index contributed by atoms with van der Waals surface area (Å²) in [7, 11) is 1.67. The van der Waals surface area contributed by atoms with Crippen molar-refractivity contribution in [1.82, 2.24) is 5.32 Å². The molecule has 1 N–H and O–H groups in total. The quantitative estimate of drug-likeness (QED) is 0.609. The van der Waals surface area contributed by atoms with Crippen LogP contribution in [0.4, 0.5) is 0 Å². The Kier molecular flexibility index (Phi) is 4.10. The van der Waals surface area contributed by atoms with E-state index in [4.69, 9.17) is 0 Å². The lowest BCUT2D eigenvalue weighted by atomic mass is 10.1. The lowest BCUT2D eigenvalue weighted by Gasteiger charge is -2.04. The van der Waals surface area contributed by atoms with Gasteiger partial charge in [-0.15, -0.1) is 0 Å². The minimum absolute atomic E-state index is 0.143. The first-order valence-electron chi connectivity index (χ1n) is 3.41. The first kappa shape index (κ1) is 8.47. The zero-order valence-corrected chi connectivity index (χ0v) is 6.40. The van der Waals surface area contributed by atoms with E-state index in [-0.39, 0.29) is 5.91 Å². The van der Waals surface area contributed by atoms with Gasteiger partial charge >= 0.3 is 0 Å². The van der Waals surface area contributed by atoms with Crippen molar-refractivity contribution in [2.75, 3.05) is 7.05 Å². The molecular formula is C7H15NO. The van der Waals surface area contributed by atoms with E-state index < -0.39 is 0 Å². The SMILES string of the molecule is CC[C@@H](C)CC(=O)NC. The molecule has 1 amide bonds. The predicted octanol–water partition coefficient (Wildman–Crippen LogP) is 1.17. The minimum atomic E-state index is 0.143. The zero-order chi connectivity index (χ0) is 7.28.